The average Bonchev–Trinajstić information content (AvgIpc) is 2.90. The van der Waals surface area contributed by atoms with Crippen molar-refractivity contribution in [3.63, 3.8) is 0 Å². The molecule has 2 aromatic carbocycles. The molecule has 7 heteroatoms. The van der Waals surface area contributed by atoms with Gasteiger partial charge in [-0.3, -0.25) is 4.79 Å². The first-order valence-electron chi connectivity index (χ1n) is 12.8. The fraction of sp³-hybridized carbons (Fsp3) is 0.448. The molecule has 1 fully saturated rings. The molecular weight excluding hydrogens is 470 g/mol. The van der Waals surface area contributed by atoms with Gasteiger partial charge in [0.25, 0.3) is 5.56 Å². The summed E-state index contributed by atoms with van der Waals surface area (Å²) >= 11 is 5.90. The van der Waals surface area contributed by atoms with Crippen LogP contribution in [0.1, 0.15) is 54.4 Å². The lowest BCUT2D eigenvalue weighted by atomic mass is 9.94. The summed E-state index contributed by atoms with van der Waals surface area (Å²) in [7, 11) is 3.29. The molecule has 1 aromatic heterocycles. The molecule has 4 rings (SSSR count). The molecule has 0 amide bonds. The number of fused-ring (bicyclic) bond motifs is 1. The number of nitrogens with one attached hydrogen (secondary N) is 2. The number of aromatic amines is 1. The Bertz CT molecular complexity index is 1280. The summed E-state index contributed by atoms with van der Waals surface area (Å²) in [6, 6.07) is 12.5. The lowest BCUT2D eigenvalue weighted by molar-refractivity contribution is 0.234. The highest BCUT2D eigenvalue weighted by molar-refractivity contribution is 7.80. The summed E-state index contributed by atoms with van der Waals surface area (Å²) in [4.78, 5) is 18.5. The van der Waals surface area contributed by atoms with Gasteiger partial charge in [-0.05, 0) is 80.2 Å². The third kappa shape index (κ3) is 5.84. The number of rotatable bonds is 8. The smallest absolute Gasteiger partial charge is 0.253 e. The maximum atomic E-state index is 13.1. The van der Waals surface area contributed by atoms with Gasteiger partial charge >= 0.3 is 0 Å². The Labute approximate surface area is 219 Å². The summed E-state index contributed by atoms with van der Waals surface area (Å²) in [5.41, 5.74) is 5.02. The van der Waals surface area contributed by atoms with Crippen LogP contribution in [-0.2, 0) is 13.0 Å². The number of pyridine rings is 1. The van der Waals surface area contributed by atoms with Crippen molar-refractivity contribution in [3.05, 3.63) is 69.0 Å². The zero-order chi connectivity index (χ0) is 25.7. The minimum Gasteiger partial charge on any atom is -0.493 e. The number of hydrogen-bond acceptors (Lipinski definition) is 4. The maximum absolute atomic E-state index is 13.1. The minimum atomic E-state index is -0.0369. The topological polar surface area (TPSA) is 66.6 Å². The molecular formula is C29H37N3O3S. The van der Waals surface area contributed by atoms with Crippen molar-refractivity contribution in [3.8, 4) is 11.5 Å². The van der Waals surface area contributed by atoms with Gasteiger partial charge in [-0.15, -0.1) is 0 Å². The molecule has 3 aromatic rings. The van der Waals surface area contributed by atoms with E-state index in [9.17, 15) is 4.79 Å². The lowest BCUT2D eigenvalue weighted by Gasteiger charge is -2.36. The fourth-order valence-corrected chi connectivity index (χ4v) is 5.45. The van der Waals surface area contributed by atoms with Crippen molar-refractivity contribution < 1.29 is 9.47 Å². The number of ether oxygens (including phenoxy) is 2. The van der Waals surface area contributed by atoms with Crippen LogP contribution in [0.4, 0.5) is 0 Å². The van der Waals surface area contributed by atoms with Crippen LogP contribution >= 0.6 is 12.2 Å². The van der Waals surface area contributed by atoms with Gasteiger partial charge in [-0.2, -0.15) is 0 Å². The van der Waals surface area contributed by atoms with E-state index in [0.717, 1.165) is 63.9 Å². The van der Waals surface area contributed by atoms with Crippen molar-refractivity contribution in [1.82, 2.24) is 15.2 Å². The van der Waals surface area contributed by atoms with E-state index in [1.54, 1.807) is 14.2 Å². The van der Waals surface area contributed by atoms with Crippen molar-refractivity contribution >= 4 is 28.2 Å². The molecule has 36 heavy (non-hydrogen) atoms. The normalized spacial score (nSPS) is 14.0. The Morgan fingerprint density at radius 1 is 1.03 bits per heavy atom. The predicted octanol–water partition coefficient (Wildman–Crippen LogP) is 5.41. The van der Waals surface area contributed by atoms with Gasteiger partial charge in [0.1, 0.15) is 0 Å². The highest BCUT2D eigenvalue weighted by Gasteiger charge is 2.24. The molecule has 0 bridgehead atoms. The monoisotopic (exact) mass is 507 g/mol. The zero-order valence-corrected chi connectivity index (χ0v) is 22.6. The number of thiocarbonyl (C=S) groups is 1. The molecule has 192 valence electrons. The van der Waals surface area contributed by atoms with Crippen molar-refractivity contribution in [2.45, 2.75) is 65.0 Å². The SMILES string of the molecule is COc1ccc(CCNC(=S)N(Cc2cc3c(C)ccc(C)c3[nH]c2=O)C2CCCCC2)cc1OC. The molecule has 0 unspecified atom stereocenters. The maximum Gasteiger partial charge on any atom is 0.253 e. The summed E-state index contributed by atoms with van der Waals surface area (Å²) in [6.07, 6.45) is 6.65. The van der Waals surface area contributed by atoms with Gasteiger partial charge in [0.05, 0.1) is 26.3 Å². The molecule has 1 aliphatic carbocycles. The first-order valence-corrected chi connectivity index (χ1v) is 13.2. The van der Waals surface area contributed by atoms with Crippen molar-refractivity contribution in [1.29, 1.82) is 0 Å². The van der Waals surface area contributed by atoms with Gasteiger partial charge < -0.3 is 24.7 Å². The second-order valence-corrected chi connectivity index (χ2v) is 10.1. The molecule has 6 nitrogen and oxygen atoms in total. The fourth-order valence-electron chi connectivity index (χ4n) is 5.13. The highest BCUT2D eigenvalue weighted by atomic mass is 32.1. The number of aromatic nitrogens is 1. The molecule has 0 atom stereocenters. The third-order valence-electron chi connectivity index (χ3n) is 7.28. The number of benzene rings is 2. The van der Waals surface area contributed by atoms with E-state index in [2.05, 4.69) is 40.3 Å². The molecule has 2 N–H and O–H groups in total. The molecule has 0 saturated heterocycles. The average molecular weight is 508 g/mol. The van der Waals surface area contributed by atoms with Gasteiger partial charge in [0, 0.05) is 23.5 Å². The summed E-state index contributed by atoms with van der Waals surface area (Å²) in [5.74, 6) is 1.45. The van der Waals surface area contributed by atoms with E-state index < -0.39 is 0 Å². The Morgan fingerprint density at radius 3 is 2.47 bits per heavy atom. The number of hydrogen-bond donors (Lipinski definition) is 2. The molecule has 1 saturated carbocycles. The van der Waals surface area contributed by atoms with Crippen LogP contribution in [0.5, 0.6) is 11.5 Å². The summed E-state index contributed by atoms with van der Waals surface area (Å²) < 4.78 is 10.8. The van der Waals surface area contributed by atoms with Gasteiger partial charge in [0.15, 0.2) is 16.6 Å². The van der Waals surface area contributed by atoms with Crippen LogP contribution in [-0.4, -0.2) is 41.8 Å². The van der Waals surface area contributed by atoms with Crippen LogP contribution in [0.3, 0.4) is 0 Å². The van der Waals surface area contributed by atoms with E-state index >= 15 is 0 Å². The Balaban J connectivity index is 1.51. The zero-order valence-electron chi connectivity index (χ0n) is 21.8. The van der Waals surface area contributed by atoms with Gasteiger partial charge in [0.2, 0.25) is 0 Å². The van der Waals surface area contributed by atoms with E-state index in [1.165, 1.54) is 19.3 Å². The Morgan fingerprint density at radius 2 is 1.75 bits per heavy atom. The number of methoxy groups -OCH3 is 2. The standard InChI is InChI=1S/C29H37N3O3S/c1-19-10-11-20(2)27-24(19)17-22(28(33)31-27)18-32(23-8-6-5-7-9-23)29(36)30-15-14-21-12-13-25(34-3)26(16-21)35-4/h10-13,16-17,23H,5-9,14-15,18H2,1-4H3,(H,30,36)(H,31,33). The van der Waals surface area contributed by atoms with Crippen LogP contribution in [0.2, 0.25) is 0 Å². The van der Waals surface area contributed by atoms with E-state index in [0.29, 0.717) is 24.2 Å². The second kappa shape index (κ2) is 11.8. The van der Waals surface area contributed by atoms with E-state index in [4.69, 9.17) is 21.7 Å². The van der Waals surface area contributed by atoms with E-state index in [-0.39, 0.29) is 5.56 Å². The lowest BCUT2D eigenvalue weighted by Crippen LogP contribution is -2.47. The van der Waals surface area contributed by atoms with Crippen LogP contribution in [0.25, 0.3) is 10.9 Å². The molecule has 0 spiro atoms. The number of nitrogens with zero attached hydrogens (tertiary/aromatic N) is 1. The Hall–Kier alpha value is -3.06. The summed E-state index contributed by atoms with van der Waals surface area (Å²) in [5, 5.41) is 5.27. The number of H-pyrrole nitrogens is 1. The summed E-state index contributed by atoms with van der Waals surface area (Å²) in [6.45, 7) is 5.32. The van der Waals surface area contributed by atoms with Crippen molar-refractivity contribution in [2.75, 3.05) is 20.8 Å². The highest BCUT2D eigenvalue weighted by Crippen LogP contribution is 2.28. The van der Waals surface area contributed by atoms with Gasteiger partial charge in [-0.25, -0.2) is 0 Å². The molecule has 0 radical (unpaired) electrons. The van der Waals surface area contributed by atoms with Crippen LogP contribution in [0, 0.1) is 13.8 Å². The molecule has 1 heterocycles. The molecule has 0 aliphatic heterocycles. The Kier molecular flexibility index (Phi) is 8.52. The van der Waals surface area contributed by atoms with Crippen LogP contribution in [0.15, 0.2) is 41.2 Å². The first-order chi connectivity index (χ1) is 17.4. The number of aryl methyl sites for hydroxylation is 2. The van der Waals surface area contributed by atoms with Gasteiger partial charge in [-0.1, -0.05) is 37.5 Å². The molecule has 1 aliphatic rings. The minimum absolute atomic E-state index is 0.0369. The van der Waals surface area contributed by atoms with E-state index in [1.807, 2.05) is 25.1 Å². The predicted molar refractivity (Wildman–Crippen MR) is 150 cm³/mol. The largest absolute Gasteiger partial charge is 0.493 e. The second-order valence-electron chi connectivity index (χ2n) is 9.70. The van der Waals surface area contributed by atoms with Crippen molar-refractivity contribution in [2.24, 2.45) is 0 Å². The third-order valence-corrected chi connectivity index (χ3v) is 7.65. The quantitative estimate of drug-likeness (QED) is 0.397. The van der Waals surface area contributed by atoms with Crippen LogP contribution < -0.4 is 20.3 Å². The first kappa shape index (κ1) is 26.0.